The summed E-state index contributed by atoms with van der Waals surface area (Å²) in [7, 11) is 2.82. The molecule has 25 heavy (non-hydrogen) atoms. The van der Waals surface area contributed by atoms with Crippen LogP contribution < -0.4 is 16.6 Å². The van der Waals surface area contributed by atoms with Crippen LogP contribution in [-0.2, 0) is 18.9 Å². The SMILES string of the molecule is Cn1cc(/C=C/C(=O)Nc2ccccc2SC(F)F)c(=O)n(C)c1=O. The number of nitrogens with one attached hydrogen (secondary N) is 1. The first-order valence-corrected chi connectivity index (χ1v) is 7.97. The average molecular weight is 367 g/mol. The predicted octanol–water partition coefficient (Wildman–Crippen LogP) is 2.05. The number of halogens is 2. The first-order valence-electron chi connectivity index (χ1n) is 7.09. The summed E-state index contributed by atoms with van der Waals surface area (Å²) in [5.41, 5.74) is -0.629. The number of aryl methyl sites for hydroxylation is 1. The molecular weight excluding hydrogens is 352 g/mol. The molecule has 1 amide bonds. The largest absolute Gasteiger partial charge is 0.330 e. The second kappa shape index (κ2) is 7.93. The lowest BCUT2D eigenvalue weighted by atomic mass is 10.2. The summed E-state index contributed by atoms with van der Waals surface area (Å²) in [6, 6.07) is 6.17. The van der Waals surface area contributed by atoms with Gasteiger partial charge in [-0.25, -0.2) is 4.79 Å². The molecular formula is C16H15F2N3O3S. The van der Waals surface area contributed by atoms with Crippen LogP contribution in [-0.4, -0.2) is 20.8 Å². The molecule has 9 heteroatoms. The molecule has 1 N–H and O–H groups in total. The number of nitrogens with zero attached hydrogens (tertiary/aromatic N) is 2. The highest BCUT2D eigenvalue weighted by Gasteiger charge is 2.11. The van der Waals surface area contributed by atoms with Gasteiger partial charge in [0.2, 0.25) is 5.91 Å². The van der Waals surface area contributed by atoms with E-state index in [4.69, 9.17) is 0 Å². The van der Waals surface area contributed by atoms with Gasteiger partial charge in [-0.3, -0.25) is 14.2 Å². The van der Waals surface area contributed by atoms with Gasteiger partial charge in [-0.05, 0) is 18.2 Å². The molecule has 0 unspecified atom stereocenters. The molecule has 1 aromatic carbocycles. The van der Waals surface area contributed by atoms with Crippen molar-refractivity contribution >= 4 is 29.4 Å². The predicted molar refractivity (Wildman–Crippen MR) is 92.9 cm³/mol. The van der Waals surface area contributed by atoms with Crippen molar-refractivity contribution in [3.8, 4) is 0 Å². The highest BCUT2D eigenvalue weighted by atomic mass is 32.2. The quantitative estimate of drug-likeness (QED) is 0.649. The normalized spacial score (nSPS) is 11.2. The van der Waals surface area contributed by atoms with Crippen molar-refractivity contribution in [1.82, 2.24) is 9.13 Å². The number of carbonyl (C=O) groups is 1. The van der Waals surface area contributed by atoms with E-state index in [1.807, 2.05) is 0 Å². The fourth-order valence-electron chi connectivity index (χ4n) is 2.06. The summed E-state index contributed by atoms with van der Waals surface area (Å²) in [5.74, 6) is -3.19. The van der Waals surface area contributed by atoms with E-state index >= 15 is 0 Å². The molecule has 132 valence electrons. The first-order chi connectivity index (χ1) is 11.8. The molecule has 0 aliphatic heterocycles. The lowest BCUT2D eigenvalue weighted by molar-refractivity contribution is -0.111. The summed E-state index contributed by atoms with van der Waals surface area (Å²) in [4.78, 5) is 35.8. The molecule has 6 nitrogen and oxygen atoms in total. The fourth-order valence-corrected chi connectivity index (χ4v) is 2.65. The van der Waals surface area contributed by atoms with Crippen molar-refractivity contribution in [3.05, 3.63) is 62.9 Å². The number of hydrogen-bond acceptors (Lipinski definition) is 4. The van der Waals surface area contributed by atoms with Crippen LogP contribution in [0.25, 0.3) is 6.08 Å². The van der Waals surface area contributed by atoms with Crippen LogP contribution in [0.15, 0.2) is 51.0 Å². The molecule has 2 aromatic rings. The van der Waals surface area contributed by atoms with Crippen LogP contribution in [0, 0.1) is 0 Å². The molecule has 0 saturated carbocycles. The van der Waals surface area contributed by atoms with Crippen LogP contribution in [0.2, 0.25) is 0 Å². The smallest absolute Gasteiger partial charge is 0.321 e. The van der Waals surface area contributed by atoms with Gasteiger partial charge in [0.25, 0.3) is 11.3 Å². The summed E-state index contributed by atoms with van der Waals surface area (Å²) >= 11 is 0.326. The zero-order valence-corrected chi connectivity index (χ0v) is 14.2. The maximum atomic E-state index is 12.5. The minimum Gasteiger partial charge on any atom is -0.321 e. The Balaban J connectivity index is 2.21. The maximum Gasteiger partial charge on any atom is 0.330 e. The highest BCUT2D eigenvalue weighted by Crippen LogP contribution is 2.31. The average Bonchev–Trinajstić information content (AvgIpc) is 2.56. The minimum atomic E-state index is -2.61. The van der Waals surface area contributed by atoms with Crippen LogP contribution in [0.4, 0.5) is 14.5 Å². The molecule has 0 radical (unpaired) electrons. The van der Waals surface area contributed by atoms with Crippen LogP contribution in [0.5, 0.6) is 0 Å². The molecule has 0 aliphatic rings. The Morgan fingerprint density at radius 1 is 1.24 bits per heavy atom. The summed E-state index contributed by atoms with van der Waals surface area (Å²) in [5, 5.41) is 2.49. The Hall–Kier alpha value is -2.68. The lowest BCUT2D eigenvalue weighted by Gasteiger charge is -2.08. The second-order valence-corrected chi connectivity index (χ2v) is 6.07. The Morgan fingerprint density at radius 3 is 2.60 bits per heavy atom. The molecule has 0 bridgehead atoms. The van der Waals surface area contributed by atoms with Crippen LogP contribution in [0.1, 0.15) is 5.56 Å². The van der Waals surface area contributed by atoms with E-state index in [-0.39, 0.29) is 16.1 Å². The van der Waals surface area contributed by atoms with Crippen molar-refractivity contribution in [1.29, 1.82) is 0 Å². The minimum absolute atomic E-state index is 0.148. The van der Waals surface area contributed by atoms with Gasteiger partial charge in [-0.2, -0.15) is 8.78 Å². The van der Waals surface area contributed by atoms with Gasteiger partial charge in [-0.1, -0.05) is 23.9 Å². The Morgan fingerprint density at radius 2 is 1.92 bits per heavy atom. The second-order valence-electron chi connectivity index (χ2n) is 5.04. The Kier molecular flexibility index (Phi) is 5.92. The zero-order chi connectivity index (χ0) is 18.6. The molecule has 2 rings (SSSR count). The van der Waals surface area contributed by atoms with Gasteiger partial charge in [0.15, 0.2) is 0 Å². The van der Waals surface area contributed by atoms with Gasteiger partial charge >= 0.3 is 5.69 Å². The molecule has 1 aromatic heterocycles. The van der Waals surface area contributed by atoms with E-state index in [0.717, 1.165) is 10.6 Å². The van der Waals surface area contributed by atoms with E-state index in [1.54, 1.807) is 12.1 Å². The Bertz CT molecular complexity index is 935. The number of rotatable bonds is 5. The standard InChI is InChI=1S/C16H15F2N3O3S/c1-20-9-10(14(23)21(2)16(20)24)7-8-13(22)19-11-5-3-4-6-12(11)25-15(17)18/h3-9,15H,1-2H3,(H,19,22)/b8-7+. The number of thioether (sulfide) groups is 1. The third-order valence-electron chi connectivity index (χ3n) is 3.25. The monoisotopic (exact) mass is 367 g/mol. The zero-order valence-electron chi connectivity index (χ0n) is 13.4. The highest BCUT2D eigenvalue weighted by molar-refractivity contribution is 7.99. The molecule has 0 spiro atoms. The van der Waals surface area contributed by atoms with Crippen molar-refractivity contribution in [2.75, 3.05) is 5.32 Å². The first kappa shape index (κ1) is 18.7. The van der Waals surface area contributed by atoms with Crippen molar-refractivity contribution in [2.45, 2.75) is 10.7 Å². The van der Waals surface area contributed by atoms with Gasteiger partial charge < -0.3 is 9.88 Å². The molecule has 0 atom stereocenters. The lowest BCUT2D eigenvalue weighted by Crippen LogP contribution is -2.37. The van der Waals surface area contributed by atoms with E-state index in [9.17, 15) is 23.2 Å². The number of anilines is 1. The topological polar surface area (TPSA) is 73.1 Å². The Labute approximate surface area is 145 Å². The number of carbonyl (C=O) groups excluding carboxylic acids is 1. The molecule has 0 saturated heterocycles. The van der Waals surface area contributed by atoms with E-state index < -0.39 is 22.9 Å². The molecule has 0 fully saturated rings. The summed E-state index contributed by atoms with van der Waals surface area (Å²) < 4.78 is 27.2. The third-order valence-corrected chi connectivity index (χ3v) is 4.04. The van der Waals surface area contributed by atoms with Crippen LogP contribution >= 0.6 is 11.8 Å². The molecule has 1 heterocycles. The fraction of sp³-hybridized carbons (Fsp3) is 0.188. The van der Waals surface area contributed by atoms with Gasteiger partial charge in [0, 0.05) is 31.3 Å². The number of para-hydroxylation sites is 1. The van der Waals surface area contributed by atoms with E-state index in [0.29, 0.717) is 11.8 Å². The third kappa shape index (κ3) is 4.66. The van der Waals surface area contributed by atoms with E-state index in [1.165, 1.54) is 43.1 Å². The van der Waals surface area contributed by atoms with E-state index in [2.05, 4.69) is 5.32 Å². The number of amides is 1. The number of hydrogen-bond donors (Lipinski definition) is 1. The number of aromatic nitrogens is 2. The number of alkyl halides is 2. The summed E-state index contributed by atoms with van der Waals surface area (Å²) in [6.07, 6.45) is 3.68. The maximum absolute atomic E-state index is 12.5. The van der Waals surface area contributed by atoms with Crippen molar-refractivity contribution in [3.63, 3.8) is 0 Å². The van der Waals surface area contributed by atoms with Gasteiger partial charge in [0.05, 0.1) is 11.3 Å². The van der Waals surface area contributed by atoms with Gasteiger partial charge in [0.1, 0.15) is 0 Å². The van der Waals surface area contributed by atoms with Crippen molar-refractivity contribution in [2.24, 2.45) is 14.1 Å². The van der Waals surface area contributed by atoms with Crippen LogP contribution in [0.3, 0.4) is 0 Å². The number of benzene rings is 1. The van der Waals surface area contributed by atoms with Crippen molar-refractivity contribution < 1.29 is 13.6 Å². The van der Waals surface area contributed by atoms with Gasteiger partial charge in [-0.15, -0.1) is 0 Å². The summed E-state index contributed by atoms with van der Waals surface area (Å²) in [6.45, 7) is 0. The molecule has 0 aliphatic carbocycles.